The molecule has 7 heteroatoms. The van der Waals surface area contributed by atoms with E-state index < -0.39 is 6.04 Å². The van der Waals surface area contributed by atoms with E-state index in [0.29, 0.717) is 36.1 Å². The third-order valence-electron chi connectivity index (χ3n) is 5.33. The molecule has 3 heterocycles. The van der Waals surface area contributed by atoms with E-state index in [9.17, 15) is 9.59 Å². The minimum absolute atomic E-state index is 0.0986. The summed E-state index contributed by atoms with van der Waals surface area (Å²) in [4.78, 5) is 32.4. The molecule has 1 N–H and O–H groups in total. The smallest absolute Gasteiger partial charge is 0.255 e. The largest absolute Gasteiger partial charge is 0.353 e. The van der Waals surface area contributed by atoms with E-state index in [1.165, 1.54) is 0 Å². The monoisotopic (exact) mass is 391 g/mol. The van der Waals surface area contributed by atoms with E-state index in [4.69, 9.17) is 4.98 Å². The number of fused-ring (bicyclic) bond motifs is 1. The second-order valence-electron chi connectivity index (χ2n) is 7.55. The molecule has 1 fully saturated rings. The molecule has 1 saturated heterocycles. The number of amides is 2. The maximum absolute atomic E-state index is 13.6. The molecule has 2 aromatic heterocycles. The second kappa shape index (κ2) is 7.66. The number of benzene rings is 1. The Labute approximate surface area is 169 Å². The number of nitrogens with zero attached hydrogens (tertiary/aromatic N) is 4. The van der Waals surface area contributed by atoms with Gasteiger partial charge >= 0.3 is 0 Å². The molecule has 1 aliphatic rings. The SMILES string of the molecule is CCC1C(=O)NCCN1C(=O)c1cc(-c2ccccc2)nc2c1cnn2C(C)C. The van der Waals surface area contributed by atoms with Crippen LogP contribution in [0.2, 0.25) is 0 Å². The molecule has 150 valence electrons. The maximum atomic E-state index is 13.6. The summed E-state index contributed by atoms with van der Waals surface area (Å²) in [6.07, 6.45) is 2.28. The lowest BCUT2D eigenvalue weighted by molar-refractivity contribution is -0.127. The van der Waals surface area contributed by atoms with Crippen molar-refractivity contribution < 1.29 is 9.59 Å². The molecule has 1 unspecified atom stereocenters. The molecular weight excluding hydrogens is 366 g/mol. The van der Waals surface area contributed by atoms with Crippen LogP contribution in [0.4, 0.5) is 0 Å². The van der Waals surface area contributed by atoms with Crippen molar-refractivity contribution in [3.8, 4) is 11.3 Å². The van der Waals surface area contributed by atoms with Gasteiger partial charge in [-0.25, -0.2) is 9.67 Å². The summed E-state index contributed by atoms with van der Waals surface area (Å²) in [6, 6.07) is 11.3. The molecular formula is C22H25N5O2. The highest BCUT2D eigenvalue weighted by molar-refractivity contribution is 6.08. The van der Waals surface area contributed by atoms with Crippen LogP contribution in [-0.2, 0) is 4.79 Å². The number of hydrogen-bond acceptors (Lipinski definition) is 4. The first-order valence-electron chi connectivity index (χ1n) is 10.0. The van der Waals surface area contributed by atoms with Gasteiger partial charge < -0.3 is 10.2 Å². The zero-order valence-corrected chi connectivity index (χ0v) is 16.9. The maximum Gasteiger partial charge on any atom is 0.255 e. The van der Waals surface area contributed by atoms with Gasteiger partial charge in [0, 0.05) is 24.7 Å². The van der Waals surface area contributed by atoms with E-state index in [2.05, 4.69) is 10.4 Å². The molecule has 0 bridgehead atoms. The number of hydrogen-bond donors (Lipinski definition) is 1. The van der Waals surface area contributed by atoms with Crippen LogP contribution in [0.3, 0.4) is 0 Å². The van der Waals surface area contributed by atoms with Crippen molar-refractivity contribution in [3.05, 3.63) is 48.2 Å². The molecule has 0 spiro atoms. The third kappa shape index (κ3) is 3.37. The summed E-state index contributed by atoms with van der Waals surface area (Å²) in [6.45, 7) is 6.95. The van der Waals surface area contributed by atoms with Crippen LogP contribution in [0, 0.1) is 0 Å². The number of carbonyl (C=O) groups is 2. The van der Waals surface area contributed by atoms with E-state index in [-0.39, 0.29) is 17.9 Å². The molecule has 0 radical (unpaired) electrons. The Bertz CT molecular complexity index is 1060. The third-order valence-corrected chi connectivity index (χ3v) is 5.33. The van der Waals surface area contributed by atoms with E-state index in [0.717, 1.165) is 11.3 Å². The highest BCUT2D eigenvalue weighted by Crippen LogP contribution is 2.28. The molecule has 3 aromatic rings. The number of nitrogens with one attached hydrogen (secondary N) is 1. The summed E-state index contributed by atoms with van der Waals surface area (Å²) in [5.74, 6) is -0.252. The lowest BCUT2D eigenvalue weighted by Crippen LogP contribution is -2.56. The van der Waals surface area contributed by atoms with Crippen LogP contribution in [0.5, 0.6) is 0 Å². The van der Waals surface area contributed by atoms with Crippen LogP contribution in [0.1, 0.15) is 43.6 Å². The van der Waals surface area contributed by atoms with Crippen molar-refractivity contribution in [1.29, 1.82) is 0 Å². The van der Waals surface area contributed by atoms with Crippen LogP contribution in [-0.4, -0.2) is 50.6 Å². The Hall–Kier alpha value is -3.22. The number of carbonyl (C=O) groups excluding carboxylic acids is 2. The Balaban J connectivity index is 1.88. The van der Waals surface area contributed by atoms with Crippen LogP contribution in [0.25, 0.3) is 22.3 Å². The summed E-state index contributed by atoms with van der Waals surface area (Å²) in [5.41, 5.74) is 2.87. The van der Waals surface area contributed by atoms with Gasteiger partial charge in [0.15, 0.2) is 5.65 Å². The van der Waals surface area contributed by atoms with Gasteiger partial charge in [-0.1, -0.05) is 37.3 Å². The molecule has 2 amide bonds. The quantitative estimate of drug-likeness (QED) is 0.741. The Morgan fingerprint density at radius 3 is 2.72 bits per heavy atom. The van der Waals surface area contributed by atoms with Gasteiger partial charge in [0.1, 0.15) is 6.04 Å². The van der Waals surface area contributed by atoms with Crippen molar-refractivity contribution in [2.24, 2.45) is 0 Å². The first kappa shape index (κ1) is 19.1. The summed E-state index contributed by atoms with van der Waals surface area (Å²) < 4.78 is 1.83. The fourth-order valence-corrected chi connectivity index (χ4v) is 3.85. The molecule has 1 atom stereocenters. The van der Waals surface area contributed by atoms with Gasteiger partial charge in [0.05, 0.1) is 22.8 Å². The zero-order valence-electron chi connectivity index (χ0n) is 16.9. The van der Waals surface area contributed by atoms with E-state index >= 15 is 0 Å². The predicted molar refractivity (Wildman–Crippen MR) is 111 cm³/mol. The van der Waals surface area contributed by atoms with Crippen molar-refractivity contribution in [3.63, 3.8) is 0 Å². The zero-order chi connectivity index (χ0) is 20.5. The summed E-state index contributed by atoms with van der Waals surface area (Å²) in [5, 5.41) is 8.04. The molecule has 7 nitrogen and oxygen atoms in total. The highest BCUT2D eigenvalue weighted by Gasteiger charge is 2.33. The minimum Gasteiger partial charge on any atom is -0.353 e. The van der Waals surface area contributed by atoms with Crippen molar-refractivity contribution >= 4 is 22.8 Å². The molecule has 0 saturated carbocycles. The normalized spacial score (nSPS) is 17.0. The highest BCUT2D eigenvalue weighted by atomic mass is 16.2. The van der Waals surface area contributed by atoms with Gasteiger partial charge in [0.25, 0.3) is 5.91 Å². The molecule has 0 aliphatic carbocycles. The average molecular weight is 391 g/mol. The lowest BCUT2D eigenvalue weighted by atomic mass is 10.0. The number of piperazine rings is 1. The lowest BCUT2D eigenvalue weighted by Gasteiger charge is -2.34. The van der Waals surface area contributed by atoms with Crippen LogP contribution >= 0.6 is 0 Å². The number of aromatic nitrogens is 3. The Morgan fingerprint density at radius 2 is 2.03 bits per heavy atom. The topological polar surface area (TPSA) is 80.1 Å². The number of pyridine rings is 1. The van der Waals surface area contributed by atoms with Gasteiger partial charge in [-0.3, -0.25) is 9.59 Å². The molecule has 29 heavy (non-hydrogen) atoms. The van der Waals surface area contributed by atoms with E-state index in [1.54, 1.807) is 11.1 Å². The predicted octanol–water partition coefficient (Wildman–Crippen LogP) is 3.03. The van der Waals surface area contributed by atoms with Gasteiger partial charge in [-0.05, 0) is 26.3 Å². The van der Waals surface area contributed by atoms with Gasteiger partial charge in [0.2, 0.25) is 5.91 Å². The van der Waals surface area contributed by atoms with Crippen LogP contribution in [0.15, 0.2) is 42.6 Å². The second-order valence-corrected chi connectivity index (χ2v) is 7.55. The minimum atomic E-state index is -0.459. The average Bonchev–Trinajstić information content (AvgIpc) is 3.17. The fraction of sp³-hybridized carbons (Fsp3) is 0.364. The molecule has 1 aromatic carbocycles. The van der Waals surface area contributed by atoms with Crippen molar-refractivity contribution in [2.75, 3.05) is 13.1 Å². The van der Waals surface area contributed by atoms with Crippen molar-refractivity contribution in [1.82, 2.24) is 25.0 Å². The van der Waals surface area contributed by atoms with Crippen LogP contribution < -0.4 is 5.32 Å². The standard InChI is InChI=1S/C22H25N5O2/c1-4-19-21(28)23-10-11-26(19)22(29)16-12-18(15-8-6-5-7-9-15)25-20-17(16)13-24-27(20)14(2)3/h5-9,12-14,19H,4,10-11H2,1-3H3,(H,23,28). The number of rotatable bonds is 4. The van der Waals surface area contributed by atoms with Crippen molar-refractivity contribution in [2.45, 2.75) is 39.3 Å². The molecule has 1 aliphatic heterocycles. The van der Waals surface area contributed by atoms with Gasteiger partial charge in [-0.2, -0.15) is 5.10 Å². The van der Waals surface area contributed by atoms with E-state index in [1.807, 2.05) is 61.9 Å². The first-order valence-corrected chi connectivity index (χ1v) is 10.0. The summed E-state index contributed by atoms with van der Waals surface area (Å²) >= 11 is 0. The first-order chi connectivity index (χ1) is 14.0. The summed E-state index contributed by atoms with van der Waals surface area (Å²) in [7, 11) is 0. The Morgan fingerprint density at radius 1 is 1.28 bits per heavy atom. The van der Waals surface area contributed by atoms with Gasteiger partial charge in [-0.15, -0.1) is 0 Å². The molecule has 4 rings (SSSR count). The fourth-order valence-electron chi connectivity index (χ4n) is 3.85. The Kier molecular flexibility index (Phi) is 5.05.